The van der Waals surface area contributed by atoms with Gasteiger partial charge in [0.05, 0.1) is 5.60 Å². The van der Waals surface area contributed by atoms with Crippen LogP contribution in [-0.2, 0) is 0 Å². The number of thioether (sulfide) groups is 1. The topological polar surface area (TPSA) is 75.3 Å². The normalized spacial score (nSPS) is 15.0. The molecule has 1 rings (SSSR count). The minimum atomic E-state index is -0.839. The Hall–Kier alpha value is -0.370. The van der Waals surface area contributed by atoms with Crippen molar-refractivity contribution in [2.75, 3.05) is 31.3 Å². The number of anilines is 1. The third kappa shape index (κ3) is 3.94. The van der Waals surface area contributed by atoms with Gasteiger partial charge in [0.15, 0.2) is 4.34 Å². The summed E-state index contributed by atoms with van der Waals surface area (Å²) in [5.74, 6) is 0.533. The maximum absolute atomic E-state index is 9.70. The van der Waals surface area contributed by atoms with Crippen molar-refractivity contribution in [2.45, 2.75) is 16.9 Å². The lowest BCUT2D eigenvalue weighted by molar-refractivity contribution is 0.0949. The molecule has 7 heteroatoms. The fourth-order valence-corrected chi connectivity index (χ4v) is 2.51. The number of hydrogen-bond donors (Lipinski definition) is 2. The first-order valence-electron chi connectivity index (χ1n) is 4.51. The maximum atomic E-state index is 9.70. The Bertz CT molecular complexity index is 313. The van der Waals surface area contributed by atoms with Crippen LogP contribution in [0, 0.1) is 0 Å². The van der Waals surface area contributed by atoms with Gasteiger partial charge in [0.2, 0.25) is 5.13 Å². The molecule has 5 nitrogen and oxygen atoms in total. The van der Waals surface area contributed by atoms with E-state index in [9.17, 15) is 5.11 Å². The van der Waals surface area contributed by atoms with E-state index in [1.54, 1.807) is 6.92 Å². The highest BCUT2D eigenvalue weighted by atomic mass is 32.2. The molecule has 15 heavy (non-hydrogen) atoms. The quantitative estimate of drug-likeness (QED) is 0.735. The van der Waals surface area contributed by atoms with Crippen molar-refractivity contribution < 1.29 is 5.11 Å². The molecule has 1 atom stereocenters. The molecule has 0 fully saturated rings. The molecule has 86 valence electrons. The molecule has 1 unspecified atom stereocenters. The van der Waals surface area contributed by atoms with E-state index in [4.69, 9.17) is 5.73 Å². The van der Waals surface area contributed by atoms with Gasteiger partial charge >= 0.3 is 0 Å². The van der Waals surface area contributed by atoms with E-state index in [2.05, 4.69) is 10.2 Å². The molecule has 0 radical (unpaired) electrons. The number of nitrogens with zero attached hydrogens (tertiary/aromatic N) is 3. The van der Waals surface area contributed by atoms with Crippen molar-refractivity contribution in [1.82, 2.24) is 10.2 Å². The SMILES string of the molecule is CN(C)c1nnc(SCC(C)(O)CN)s1. The lowest BCUT2D eigenvalue weighted by Crippen LogP contribution is -2.36. The summed E-state index contributed by atoms with van der Waals surface area (Å²) in [5, 5.41) is 18.6. The summed E-state index contributed by atoms with van der Waals surface area (Å²) in [4.78, 5) is 1.91. The van der Waals surface area contributed by atoms with E-state index in [1.807, 2.05) is 19.0 Å². The van der Waals surface area contributed by atoms with Crippen LogP contribution in [0.1, 0.15) is 6.92 Å². The maximum Gasteiger partial charge on any atom is 0.208 e. The average Bonchev–Trinajstić information content (AvgIpc) is 2.63. The molecule has 3 N–H and O–H groups in total. The van der Waals surface area contributed by atoms with Crippen LogP contribution in [0.15, 0.2) is 4.34 Å². The van der Waals surface area contributed by atoms with Crippen molar-refractivity contribution in [3.63, 3.8) is 0 Å². The summed E-state index contributed by atoms with van der Waals surface area (Å²) in [6, 6.07) is 0. The summed E-state index contributed by atoms with van der Waals surface area (Å²) in [7, 11) is 3.84. The second kappa shape index (κ2) is 5.11. The second-order valence-electron chi connectivity index (χ2n) is 3.73. The van der Waals surface area contributed by atoms with E-state index in [-0.39, 0.29) is 6.54 Å². The standard InChI is InChI=1S/C8H16N4OS2/c1-8(13,4-9)5-14-7-11-10-6(15-7)12(2)3/h13H,4-5,9H2,1-3H3. The Labute approximate surface area is 97.7 Å². The Balaban J connectivity index is 2.51. The van der Waals surface area contributed by atoms with Crippen LogP contribution in [0.4, 0.5) is 5.13 Å². The number of rotatable bonds is 5. The average molecular weight is 248 g/mol. The number of nitrogens with two attached hydrogens (primary N) is 1. The first-order chi connectivity index (χ1) is 6.94. The van der Waals surface area contributed by atoms with E-state index in [1.165, 1.54) is 23.1 Å². The van der Waals surface area contributed by atoms with Crippen LogP contribution in [0.25, 0.3) is 0 Å². The van der Waals surface area contributed by atoms with E-state index in [0.29, 0.717) is 5.75 Å². The third-order valence-electron chi connectivity index (χ3n) is 1.72. The highest BCUT2D eigenvalue weighted by molar-refractivity contribution is 8.01. The molecule has 0 aliphatic rings. The van der Waals surface area contributed by atoms with Crippen LogP contribution in [0.2, 0.25) is 0 Å². The first kappa shape index (κ1) is 12.7. The molecular formula is C8H16N4OS2. The van der Waals surface area contributed by atoms with Crippen molar-refractivity contribution in [1.29, 1.82) is 0 Å². The fraction of sp³-hybridized carbons (Fsp3) is 0.750. The van der Waals surface area contributed by atoms with Gasteiger partial charge in [-0.3, -0.25) is 0 Å². The third-order valence-corrected chi connectivity index (χ3v) is 4.31. The summed E-state index contributed by atoms with van der Waals surface area (Å²) in [5.41, 5.74) is 4.58. The molecule has 0 spiro atoms. The molecule has 0 aliphatic heterocycles. The Morgan fingerprint density at radius 3 is 2.67 bits per heavy atom. The van der Waals surface area contributed by atoms with Crippen LogP contribution in [-0.4, -0.2) is 47.3 Å². The molecule has 1 aromatic heterocycles. The highest BCUT2D eigenvalue weighted by Crippen LogP contribution is 2.28. The van der Waals surface area contributed by atoms with Crippen LogP contribution < -0.4 is 10.6 Å². The molecule has 0 aromatic carbocycles. The Morgan fingerprint density at radius 1 is 1.53 bits per heavy atom. The van der Waals surface area contributed by atoms with Gasteiger partial charge < -0.3 is 15.7 Å². The summed E-state index contributed by atoms with van der Waals surface area (Å²) in [6.45, 7) is 1.97. The number of hydrogen-bond acceptors (Lipinski definition) is 7. The van der Waals surface area contributed by atoms with Crippen LogP contribution in [0.3, 0.4) is 0 Å². The van der Waals surface area contributed by atoms with E-state index < -0.39 is 5.60 Å². The lowest BCUT2D eigenvalue weighted by atomic mass is 10.1. The summed E-state index contributed by atoms with van der Waals surface area (Å²) in [6.07, 6.45) is 0. The lowest BCUT2D eigenvalue weighted by Gasteiger charge is -2.18. The second-order valence-corrected chi connectivity index (χ2v) is 5.91. The van der Waals surface area contributed by atoms with Gasteiger partial charge in [-0.25, -0.2) is 0 Å². The smallest absolute Gasteiger partial charge is 0.208 e. The largest absolute Gasteiger partial charge is 0.388 e. The van der Waals surface area contributed by atoms with E-state index >= 15 is 0 Å². The molecule has 0 amide bonds. The Morgan fingerprint density at radius 2 is 2.20 bits per heavy atom. The van der Waals surface area contributed by atoms with E-state index in [0.717, 1.165) is 9.47 Å². The van der Waals surface area contributed by atoms with Crippen LogP contribution >= 0.6 is 23.1 Å². The van der Waals surface area contributed by atoms with Crippen LogP contribution in [0.5, 0.6) is 0 Å². The van der Waals surface area contributed by atoms with Gasteiger partial charge in [-0.1, -0.05) is 23.1 Å². The van der Waals surface area contributed by atoms with Crippen molar-refractivity contribution in [3.8, 4) is 0 Å². The highest BCUT2D eigenvalue weighted by Gasteiger charge is 2.19. The molecule has 0 aliphatic carbocycles. The van der Waals surface area contributed by atoms with Crippen molar-refractivity contribution in [2.24, 2.45) is 5.73 Å². The summed E-state index contributed by atoms with van der Waals surface area (Å²) < 4.78 is 0.854. The van der Waals surface area contributed by atoms with Crippen molar-refractivity contribution in [3.05, 3.63) is 0 Å². The molecule has 0 bridgehead atoms. The molecule has 0 saturated heterocycles. The predicted molar refractivity (Wildman–Crippen MR) is 64.6 cm³/mol. The minimum Gasteiger partial charge on any atom is -0.388 e. The zero-order valence-electron chi connectivity index (χ0n) is 9.10. The zero-order valence-corrected chi connectivity index (χ0v) is 10.7. The van der Waals surface area contributed by atoms with Gasteiger partial charge in [0, 0.05) is 26.4 Å². The van der Waals surface area contributed by atoms with Gasteiger partial charge in [-0.2, -0.15) is 0 Å². The first-order valence-corrected chi connectivity index (χ1v) is 6.31. The molecular weight excluding hydrogens is 232 g/mol. The minimum absolute atomic E-state index is 0.249. The molecule has 1 aromatic rings. The summed E-state index contributed by atoms with van der Waals surface area (Å²) >= 11 is 2.99. The zero-order chi connectivity index (χ0) is 11.5. The number of aliphatic hydroxyl groups is 1. The fourth-order valence-electron chi connectivity index (χ4n) is 0.718. The van der Waals surface area contributed by atoms with Gasteiger partial charge in [-0.05, 0) is 6.92 Å². The predicted octanol–water partition coefficient (Wildman–Crippen LogP) is 0.406. The Kier molecular flexibility index (Phi) is 4.32. The van der Waals surface area contributed by atoms with Crippen molar-refractivity contribution >= 4 is 28.2 Å². The van der Waals surface area contributed by atoms with Gasteiger partial charge in [0.25, 0.3) is 0 Å². The van der Waals surface area contributed by atoms with Gasteiger partial charge in [-0.15, -0.1) is 10.2 Å². The molecule has 0 saturated carbocycles. The number of aromatic nitrogens is 2. The van der Waals surface area contributed by atoms with Gasteiger partial charge in [0.1, 0.15) is 0 Å². The molecule has 1 heterocycles. The monoisotopic (exact) mass is 248 g/mol.